The first-order chi connectivity index (χ1) is 17.9. The number of carbonyl (C=O) groups excluding carboxylic acids is 1. The van der Waals surface area contributed by atoms with Crippen LogP contribution in [0.5, 0.6) is 5.88 Å². The van der Waals surface area contributed by atoms with Crippen molar-refractivity contribution in [2.75, 3.05) is 26.7 Å². The van der Waals surface area contributed by atoms with Crippen LogP contribution in [0.15, 0.2) is 67.1 Å². The first-order valence-corrected chi connectivity index (χ1v) is 12.6. The van der Waals surface area contributed by atoms with E-state index < -0.39 is 0 Å². The third-order valence-electron chi connectivity index (χ3n) is 6.56. The molecule has 0 saturated carbocycles. The van der Waals surface area contributed by atoms with E-state index in [2.05, 4.69) is 33.6 Å². The lowest BCUT2D eigenvalue weighted by Gasteiger charge is -2.37. The van der Waals surface area contributed by atoms with E-state index in [1.54, 1.807) is 23.4 Å². The fraction of sp³-hybridized carbons (Fsp3) is 0.367. The van der Waals surface area contributed by atoms with Gasteiger partial charge in [0.15, 0.2) is 0 Å². The lowest BCUT2D eigenvalue weighted by atomic mass is 9.99. The fourth-order valence-corrected chi connectivity index (χ4v) is 4.41. The molecule has 0 unspecified atom stereocenters. The molecule has 1 aliphatic rings. The van der Waals surface area contributed by atoms with Gasteiger partial charge >= 0.3 is 0 Å². The standard InChI is InChI=1S/C30H34N4O3/c1-22-18-34(23(2)21-35)30(36)27-15-25(12-7-11-24-9-5-4-6-10-24)17-32-29(27)37-28(22)20-33(3)19-26-13-8-14-31-16-26/h4-6,8-10,13-17,22-23,28,35H,11,18-21H2,1-3H3/t22-,23-,28+/m0/s1. The van der Waals surface area contributed by atoms with Gasteiger partial charge in [-0.15, -0.1) is 0 Å². The van der Waals surface area contributed by atoms with Crippen LogP contribution in [0.25, 0.3) is 0 Å². The zero-order chi connectivity index (χ0) is 26.2. The van der Waals surface area contributed by atoms with Crippen molar-refractivity contribution in [1.82, 2.24) is 19.8 Å². The minimum absolute atomic E-state index is 0.0228. The Bertz CT molecular complexity index is 1240. The first-order valence-electron chi connectivity index (χ1n) is 12.6. The van der Waals surface area contributed by atoms with Crippen molar-refractivity contribution >= 4 is 5.91 Å². The summed E-state index contributed by atoms with van der Waals surface area (Å²) in [5.74, 6) is 6.43. The third-order valence-corrected chi connectivity index (χ3v) is 6.56. The van der Waals surface area contributed by atoms with Crippen molar-refractivity contribution < 1.29 is 14.6 Å². The van der Waals surface area contributed by atoms with Gasteiger partial charge in [0.05, 0.1) is 12.6 Å². The van der Waals surface area contributed by atoms with Gasteiger partial charge in [-0.1, -0.05) is 55.2 Å². The van der Waals surface area contributed by atoms with Crippen LogP contribution in [-0.4, -0.2) is 69.7 Å². The Labute approximate surface area is 219 Å². The molecule has 0 aliphatic carbocycles. The number of rotatable bonds is 7. The summed E-state index contributed by atoms with van der Waals surface area (Å²) < 4.78 is 6.39. The minimum Gasteiger partial charge on any atom is -0.472 e. The van der Waals surface area contributed by atoms with Crippen molar-refractivity contribution in [3.05, 3.63) is 89.4 Å². The molecule has 1 aromatic carbocycles. The number of benzene rings is 1. The number of aliphatic hydroxyl groups excluding tert-OH is 1. The number of ether oxygens (including phenoxy) is 1. The number of aliphatic hydroxyl groups is 1. The summed E-state index contributed by atoms with van der Waals surface area (Å²) in [6.45, 7) is 5.64. The van der Waals surface area contributed by atoms with E-state index >= 15 is 0 Å². The van der Waals surface area contributed by atoms with Crippen LogP contribution in [0.1, 0.15) is 40.9 Å². The Morgan fingerprint density at radius 2 is 1.97 bits per heavy atom. The number of amides is 1. The van der Waals surface area contributed by atoms with Crippen LogP contribution in [0.3, 0.4) is 0 Å². The van der Waals surface area contributed by atoms with Gasteiger partial charge in [-0.3, -0.25) is 14.7 Å². The summed E-state index contributed by atoms with van der Waals surface area (Å²) >= 11 is 0. The molecular weight excluding hydrogens is 464 g/mol. The highest BCUT2D eigenvalue weighted by atomic mass is 16.5. The monoisotopic (exact) mass is 498 g/mol. The number of likely N-dealkylation sites (N-methyl/N-ethyl adjacent to an activating group) is 1. The van der Waals surface area contributed by atoms with Crippen LogP contribution in [0, 0.1) is 17.8 Å². The molecule has 7 heteroatoms. The number of pyridine rings is 2. The average molecular weight is 499 g/mol. The molecule has 37 heavy (non-hydrogen) atoms. The lowest BCUT2D eigenvalue weighted by molar-refractivity contribution is 0.0325. The zero-order valence-corrected chi connectivity index (χ0v) is 21.7. The van der Waals surface area contributed by atoms with Crippen LogP contribution < -0.4 is 4.74 Å². The smallest absolute Gasteiger partial charge is 0.259 e. The summed E-state index contributed by atoms with van der Waals surface area (Å²) in [7, 11) is 2.04. The van der Waals surface area contributed by atoms with E-state index in [0.29, 0.717) is 36.5 Å². The molecule has 7 nitrogen and oxygen atoms in total. The Balaban J connectivity index is 1.59. The second-order valence-corrected chi connectivity index (χ2v) is 9.72. The minimum atomic E-state index is -0.331. The summed E-state index contributed by atoms with van der Waals surface area (Å²) in [5, 5.41) is 9.88. The molecule has 1 aliphatic heterocycles. The molecule has 0 bridgehead atoms. The molecule has 3 atom stereocenters. The number of fused-ring (bicyclic) bond motifs is 1. The third kappa shape index (κ3) is 6.94. The molecular formula is C30H34N4O3. The van der Waals surface area contributed by atoms with Crippen molar-refractivity contribution in [2.45, 2.75) is 39.0 Å². The highest BCUT2D eigenvalue weighted by Crippen LogP contribution is 2.27. The highest BCUT2D eigenvalue weighted by Gasteiger charge is 2.34. The second kappa shape index (κ2) is 12.5. The molecule has 1 N–H and O–H groups in total. The molecule has 0 radical (unpaired) electrons. The molecule has 0 fully saturated rings. The normalized spacial score (nSPS) is 18.2. The molecule has 192 valence electrons. The zero-order valence-electron chi connectivity index (χ0n) is 21.7. The topological polar surface area (TPSA) is 78.8 Å². The summed E-state index contributed by atoms with van der Waals surface area (Å²) in [4.78, 5) is 26.2. The molecule has 0 saturated heterocycles. The van der Waals surface area contributed by atoms with Gasteiger partial charge in [0.1, 0.15) is 11.7 Å². The van der Waals surface area contributed by atoms with Crippen molar-refractivity contribution in [1.29, 1.82) is 0 Å². The van der Waals surface area contributed by atoms with Crippen LogP contribution in [0.4, 0.5) is 0 Å². The quantitative estimate of drug-likeness (QED) is 0.503. The van der Waals surface area contributed by atoms with Crippen LogP contribution in [0.2, 0.25) is 0 Å². The van der Waals surface area contributed by atoms with E-state index in [1.165, 1.54) is 0 Å². The van der Waals surface area contributed by atoms with E-state index in [1.807, 2.05) is 62.6 Å². The lowest BCUT2D eigenvalue weighted by Crippen LogP contribution is -2.49. The molecule has 3 aromatic rings. The van der Waals surface area contributed by atoms with Crippen LogP contribution >= 0.6 is 0 Å². The molecule has 3 heterocycles. The maximum atomic E-state index is 13.6. The highest BCUT2D eigenvalue weighted by molar-refractivity contribution is 5.97. The maximum Gasteiger partial charge on any atom is 0.259 e. The number of aromatic nitrogens is 2. The maximum absolute atomic E-state index is 13.6. The summed E-state index contributed by atoms with van der Waals surface area (Å²) in [6, 6.07) is 15.4. The predicted octanol–water partition coefficient (Wildman–Crippen LogP) is 3.42. The Morgan fingerprint density at radius 3 is 2.70 bits per heavy atom. The Kier molecular flexibility index (Phi) is 8.89. The van der Waals surface area contributed by atoms with Gasteiger partial charge in [-0.25, -0.2) is 4.98 Å². The van der Waals surface area contributed by atoms with Crippen LogP contribution in [-0.2, 0) is 13.0 Å². The first kappa shape index (κ1) is 26.3. The fourth-order valence-electron chi connectivity index (χ4n) is 4.41. The largest absolute Gasteiger partial charge is 0.472 e. The number of carbonyl (C=O) groups is 1. The Morgan fingerprint density at radius 1 is 1.19 bits per heavy atom. The van der Waals surface area contributed by atoms with Gasteiger partial charge in [0.2, 0.25) is 5.88 Å². The van der Waals surface area contributed by atoms with Gasteiger partial charge in [-0.05, 0) is 37.2 Å². The van der Waals surface area contributed by atoms with E-state index in [4.69, 9.17) is 4.74 Å². The van der Waals surface area contributed by atoms with E-state index in [-0.39, 0.29) is 30.6 Å². The van der Waals surface area contributed by atoms with Crippen molar-refractivity contribution in [3.8, 4) is 17.7 Å². The molecule has 2 aromatic heterocycles. The molecule has 1 amide bonds. The van der Waals surface area contributed by atoms with Gasteiger partial charge in [0, 0.05) is 56.1 Å². The van der Waals surface area contributed by atoms with E-state index in [9.17, 15) is 9.90 Å². The molecule has 4 rings (SSSR count). The summed E-state index contributed by atoms with van der Waals surface area (Å²) in [6.07, 6.45) is 5.69. The van der Waals surface area contributed by atoms with Crippen molar-refractivity contribution in [3.63, 3.8) is 0 Å². The number of nitrogens with zero attached hydrogens (tertiary/aromatic N) is 4. The Hall–Kier alpha value is -3.73. The number of hydrogen-bond donors (Lipinski definition) is 1. The van der Waals surface area contributed by atoms with Gasteiger partial charge in [-0.2, -0.15) is 0 Å². The second-order valence-electron chi connectivity index (χ2n) is 9.72. The van der Waals surface area contributed by atoms with Gasteiger partial charge in [0.25, 0.3) is 5.91 Å². The predicted molar refractivity (Wildman–Crippen MR) is 143 cm³/mol. The number of hydrogen-bond acceptors (Lipinski definition) is 6. The SMILES string of the molecule is C[C@H]1CN([C@@H](C)CO)C(=O)c2cc(C#CCc3ccccc3)cnc2O[C@@H]1CN(C)Cc1cccnc1. The average Bonchev–Trinajstić information content (AvgIpc) is 2.91. The molecule has 0 spiro atoms. The summed E-state index contributed by atoms with van der Waals surface area (Å²) in [5.41, 5.74) is 3.27. The van der Waals surface area contributed by atoms with E-state index in [0.717, 1.165) is 17.7 Å². The van der Waals surface area contributed by atoms with Crippen molar-refractivity contribution in [2.24, 2.45) is 5.92 Å². The van der Waals surface area contributed by atoms with Gasteiger partial charge < -0.3 is 14.7 Å².